The van der Waals surface area contributed by atoms with Crippen molar-refractivity contribution >= 4 is 5.91 Å². The van der Waals surface area contributed by atoms with Gasteiger partial charge in [0.05, 0.1) is 25.8 Å². The van der Waals surface area contributed by atoms with Gasteiger partial charge in [0.25, 0.3) is 5.91 Å². The largest absolute Gasteiger partial charge is 0.497 e. The van der Waals surface area contributed by atoms with E-state index in [9.17, 15) is 4.79 Å². The Balaban J connectivity index is 1.73. The molecule has 0 saturated carbocycles. The SMILES string of the molecule is COc1ccc(C(C)NC(=O)c2cnc(-c3ccccc3)nc2)c(OC)c1. The van der Waals surface area contributed by atoms with Gasteiger partial charge in [0, 0.05) is 29.6 Å². The molecule has 1 heterocycles. The van der Waals surface area contributed by atoms with Gasteiger partial charge < -0.3 is 14.8 Å². The van der Waals surface area contributed by atoms with Crippen molar-refractivity contribution in [3.63, 3.8) is 0 Å². The fraction of sp³-hybridized carbons (Fsp3) is 0.190. The summed E-state index contributed by atoms with van der Waals surface area (Å²) in [5, 5.41) is 2.94. The molecule has 138 valence electrons. The molecule has 0 fully saturated rings. The summed E-state index contributed by atoms with van der Waals surface area (Å²) in [4.78, 5) is 21.1. The van der Waals surface area contributed by atoms with Gasteiger partial charge in [-0.25, -0.2) is 9.97 Å². The fourth-order valence-corrected chi connectivity index (χ4v) is 2.72. The molecule has 1 unspecified atom stereocenters. The number of benzene rings is 2. The molecule has 0 aliphatic heterocycles. The summed E-state index contributed by atoms with van der Waals surface area (Å²) < 4.78 is 10.6. The van der Waals surface area contributed by atoms with Crippen molar-refractivity contribution in [1.29, 1.82) is 0 Å². The quantitative estimate of drug-likeness (QED) is 0.724. The highest BCUT2D eigenvalue weighted by Gasteiger charge is 2.16. The molecule has 0 saturated heterocycles. The summed E-state index contributed by atoms with van der Waals surface area (Å²) in [6.45, 7) is 1.89. The van der Waals surface area contributed by atoms with Gasteiger partial charge in [-0.1, -0.05) is 30.3 Å². The second-order valence-corrected chi connectivity index (χ2v) is 5.96. The lowest BCUT2D eigenvalue weighted by atomic mass is 10.1. The van der Waals surface area contributed by atoms with Gasteiger partial charge in [-0.05, 0) is 19.1 Å². The summed E-state index contributed by atoms with van der Waals surface area (Å²) in [5.41, 5.74) is 2.16. The number of nitrogens with zero attached hydrogens (tertiary/aromatic N) is 2. The zero-order valence-electron chi connectivity index (χ0n) is 15.5. The van der Waals surface area contributed by atoms with Gasteiger partial charge in [0.15, 0.2) is 5.82 Å². The van der Waals surface area contributed by atoms with Crippen molar-refractivity contribution in [1.82, 2.24) is 15.3 Å². The molecule has 1 N–H and O–H groups in total. The van der Waals surface area contributed by atoms with Gasteiger partial charge in [0.1, 0.15) is 11.5 Å². The first-order chi connectivity index (χ1) is 13.1. The van der Waals surface area contributed by atoms with Crippen LogP contribution in [0.4, 0.5) is 0 Å². The topological polar surface area (TPSA) is 73.3 Å². The Morgan fingerprint density at radius 3 is 2.33 bits per heavy atom. The minimum atomic E-state index is -0.257. The Morgan fingerprint density at radius 2 is 1.70 bits per heavy atom. The minimum absolute atomic E-state index is 0.250. The molecule has 0 aliphatic rings. The van der Waals surface area contributed by atoms with Gasteiger partial charge >= 0.3 is 0 Å². The van der Waals surface area contributed by atoms with Crippen LogP contribution in [0.1, 0.15) is 28.9 Å². The Morgan fingerprint density at radius 1 is 1.00 bits per heavy atom. The van der Waals surface area contributed by atoms with E-state index in [1.165, 1.54) is 12.4 Å². The van der Waals surface area contributed by atoms with Crippen molar-refractivity contribution in [3.8, 4) is 22.9 Å². The van der Waals surface area contributed by atoms with Crippen LogP contribution < -0.4 is 14.8 Å². The number of carbonyl (C=O) groups excluding carboxylic acids is 1. The van der Waals surface area contributed by atoms with E-state index in [0.717, 1.165) is 11.1 Å². The van der Waals surface area contributed by atoms with E-state index in [0.29, 0.717) is 22.9 Å². The maximum absolute atomic E-state index is 12.5. The van der Waals surface area contributed by atoms with Crippen LogP contribution in [-0.4, -0.2) is 30.1 Å². The highest BCUT2D eigenvalue weighted by atomic mass is 16.5. The van der Waals surface area contributed by atoms with Crippen LogP contribution in [0.15, 0.2) is 60.9 Å². The second kappa shape index (κ2) is 8.31. The average molecular weight is 363 g/mol. The third kappa shape index (κ3) is 4.23. The predicted octanol–water partition coefficient (Wildman–Crippen LogP) is 3.65. The number of rotatable bonds is 6. The van der Waals surface area contributed by atoms with Crippen LogP contribution in [0, 0.1) is 0 Å². The molecule has 6 nitrogen and oxygen atoms in total. The van der Waals surface area contributed by atoms with Crippen LogP contribution in [0.3, 0.4) is 0 Å². The number of ether oxygens (including phenoxy) is 2. The molecule has 3 aromatic rings. The molecule has 27 heavy (non-hydrogen) atoms. The van der Waals surface area contributed by atoms with Crippen molar-refractivity contribution in [2.24, 2.45) is 0 Å². The maximum atomic E-state index is 12.5. The van der Waals surface area contributed by atoms with E-state index in [4.69, 9.17) is 9.47 Å². The lowest BCUT2D eigenvalue weighted by Crippen LogP contribution is -2.27. The van der Waals surface area contributed by atoms with Crippen molar-refractivity contribution in [2.45, 2.75) is 13.0 Å². The Labute approximate surface area is 158 Å². The van der Waals surface area contributed by atoms with Gasteiger partial charge in [-0.15, -0.1) is 0 Å². The van der Waals surface area contributed by atoms with Gasteiger partial charge in [-0.2, -0.15) is 0 Å². The number of aromatic nitrogens is 2. The molecular weight excluding hydrogens is 342 g/mol. The predicted molar refractivity (Wildman–Crippen MR) is 103 cm³/mol. The third-order valence-electron chi connectivity index (χ3n) is 4.20. The molecule has 1 amide bonds. The summed E-state index contributed by atoms with van der Waals surface area (Å²) >= 11 is 0. The Kier molecular flexibility index (Phi) is 5.66. The van der Waals surface area contributed by atoms with Gasteiger partial charge in [0.2, 0.25) is 0 Å². The van der Waals surface area contributed by atoms with Crippen molar-refractivity contribution in [3.05, 3.63) is 72.1 Å². The van der Waals surface area contributed by atoms with E-state index < -0.39 is 0 Å². The Hall–Kier alpha value is -3.41. The first-order valence-corrected chi connectivity index (χ1v) is 8.52. The van der Waals surface area contributed by atoms with E-state index in [2.05, 4.69) is 15.3 Å². The second-order valence-electron chi connectivity index (χ2n) is 5.96. The molecule has 0 spiro atoms. The molecular formula is C21H21N3O3. The zero-order chi connectivity index (χ0) is 19.2. The van der Waals surface area contributed by atoms with Crippen molar-refractivity contribution in [2.75, 3.05) is 14.2 Å². The zero-order valence-corrected chi connectivity index (χ0v) is 15.5. The highest BCUT2D eigenvalue weighted by molar-refractivity contribution is 5.94. The molecule has 3 rings (SSSR count). The summed E-state index contributed by atoms with van der Waals surface area (Å²) in [7, 11) is 3.18. The number of hydrogen-bond acceptors (Lipinski definition) is 5. The minimum Gasteiger partial charge on any atom is -0.497 e. The average Bonchev–Trinajstić information content (AvgIpc) is 2.73. The molecule has 0 bridgehead atoms. The molecule has 0 radical (unpaired) electrons. The Bertz CT molecular complexity index is 912. The van der Waals surface area contributed by atoms with Crippen molar-refractivity contribution < 1.29 is 14.3 Å². The lowest BCUT2D eigenvalue weighted by molar-refractivity contribution is 0.0939. The summed E-state index contributed by atoms with van der Waals surface area (Å²) in [5.74, 6) is 1.67. The van der Waals surface area contributed by atoms with E-state index in [1.54, 1.807) is 20.3 Å². The number of nitrogens with one attached hydrogen (secondary N) is 1. The first kappa shape index (κ1) is 18.4. The first-order valence-electron chi connectivity index (χ1n) is 8.52. The van der Waals surface area contributed by atoms with Crippen LogP contribution >= 0.6 is 0 Å². The molecule has 1 aromatic heterocycles. The monoisotopic (exact) mass is 363 g/mol. The standard InChI is InChI=1S/C21H21N3O3/c1-14(18-10-9-17(26-2)11-19(18)27-3)24-21(25)16-12-22-20(23-13-16)15-7-5-4-6-8-15/h4-14H,1-3H3,(H,24,25). The fourth-order valence-electron chi connectivity index (χ4n) is 2.72. The third-order valence-corrected chi connectivity index (χ3v) is 4.20. The van der Waals surface area contributed by atoms with Gasteiger partial charge in [-0.3, -0.25) is 4.79 Å². The van der Waals surface area contributed by atoms with E-state index in [-0.39, 0.29) is 11.9 Å². The normalized spacial score (nSPS) is 11.5. The smallest absolute Gasteiger partial charge is 0.254 e. The number of amides is 1. The summed E-state index contributed by atoms with van der Waals surface area (Å²) in [6.07, 6.45) is 3.06. The van der Waals surface area contributed by atoms with Crippen LogP contribution in [0.25, 0.3) is 11.4 Å². The van der Waals surface area contributed by atoms with E-state index >= 15 is 0 Å². The molecule has 6 heteroatoms. The number of methoxy groups -OCH3 is 2. The van der Waals surface area contributed by atoms with E-state index in [1.807, 2.05) is 49.4 Å². The van der Waals surface area contributed by atoms with Crippen LogP contribution in [0.2, 0.25) is 0 Å². The lowest BCUT2D eigenvalue weighted by Gasteiger charge is -2.18. The molecule has 2 aromatic carbocycles. The molecule has 1 atom stereocenters. The summed E-state index contributed by atoms with van der Waals surface area (Å²) in [6, 6.07) is 14.9. The maximum Gasteiger partial charge on any atom is 0.254 e. The van der Waals surface area contributed by atoms with Crippen LogP contribution in [0.5, 0.6) is 11.5 Å². The van der Waals surface area contributed by atoms with Crippen LogP contribution in [-0.2, 0) is 0 Å². The highest BCUT2D eigenvalue weighted by Crippen LogP contribution is 2.29. The number of carbonyl (C=O) groups is 1. The number of hydrogen-bond donors (Lipinski definition) is 1. The molecule has 0 aliphatic carbocycles.